The van der Waals surface area contributed by atoms with E-state index in [1.165, 1.54) is 0 Å². The molecule has 0 heterocycles. The molecule has 0 saturated heterocycles. The van der Waals surface area contributed by atoms with Crippen molar-refractivity contribution in [1.82, 2.24) is 0 Å². The van der Waals surface area contributed by atoms with Crippen LogP contribution in [0.4, 0.5) is 45.5 Å². The molecule has 0 saturated carbocycles. The van der Waals surface area contributed by atoms with E-state index in [0.29, 0.717) is 48.5 Å². The highest BCUT2D eigenvalue weighted by atomic mass is 32.2. The first-order valence-corrected chi connectivity index (χ1v) is 26.2. The number of nitrogen functional groups attached to an aromatic ring is 1. The van der Waals surface area contributed by atoms with Gasteiger partial charge in [0.1, 0.15) is 69.2 Å². The summed E-state index contributed by atoms with van der Waals surface area (Å²) in [7, 11) is -31.5. The van der Waals surface area contributed by atoms with Gasteiger partial charge in [-0.2, -0.15) is 50.5 Å². The molecule has 0 aromatic heterocycles. The maximum atomic E-state index is 12.7. The fraction of sp³-hybridized carbons (Fsp3) is 0.0303. The highest BCUT2D eigenvalue weighted by Crippen LogP contribution is 2.50. The molecular formula is C33H24N8O23S6. The van der Waals surface area contributed by atoms with Gasteiger partial charge >= 0.3 is 0 Å². The molecular weight excluding hydrogens is 1070 g/mol. The number of phenols is 2. The van der Waals surface area contributed by atoms with E-state index < -0.39 is 174 Å². The Bertz CT molecular complexity index is 4110. The molecule has 0 amide bonds. The highest BCUT2D eigenvalue weighted by molar-refractivity contribution is 7.87. The maximum Gasteiger partial charge on any atom is 0.297 e. The summed E-state index contributed by atoms with van der Waals surface area (Å²) in [6.45, 7) is 0. The van der Waals surface area contributed by atoms with Gasteiger partial charge in [0.05, 0.1) is 23.1 Å². The van der Waals surface area contributed by atoms with Gasteiger partial charge in [0.25, 0.3) is 66.4 Å². The lowest BCUT2D eigenvalue weighted by molar-refractivity contribution is -0.385. The second-order valence-corrected chi connectivity index (χ2v) is 22.0. The normalized spacial score (nSPS) is 13.3. The molecule has 0 bridgehead atoms. The summed E-state index contributed by atoms with van der Waals surface area (Å²) in [5.74, 6) is -2.89. The number of nitro groups is 1. The number of nitrogens with zero attached hydrogens (tertiary/aromatic N) is 7. The van der Waals surface area contributed by atoms with Crippen LogP contribution in [0.15, 0.2) is 127 Å². The number of fused-ring (bicyclic) bond motifs is 2. The standard InChI is InChI=1S/C33H24N8O23S6/c1-64-16-3-5-19(23(11-16)67(52,53)54)36-39-30-25(69(58,59)60)7-13-6-21(65(46,47)48)20(12-17(13)32(30)42)37-38-29-24(68(55,56)57)8-14-9-26(70(61,62)63)31(33(43)27(14)28(29)34)40-35-18-4-2-15(41(44)45)10-22(18)66(49,50)51/h2-12,42-43H,34H2,1H3,(H,46,47,48)(H,49,50,51)(H,52,53,54)(H,55,56,57)(H,58,59,60)(H,61,62,63). The van der Waals surface area contributed by atoms with Crippen LogP contribution in [0.2, 0.25) is 0 Å². The minimum atomic E-state index is -5.62. The van der Waals surface area contributed by atoms with Crippen molar-refractivity contribution in [2.45, 2.75) is 29.4 Å². The Hall–Kier alpha value is -7.30. The van der Waals surface area contributed by atoms with Crippen molar-refractivity contribution in [3.8, 4) is 17.2 Å². The van der Waals surface area contributed by atoms with E-state index in [0.717, 1.165) is 25.3 Å². The van der Waals surface area contributed by atoms with Crippen LogP contribution in [-0.4, -0.2) is 100 Å². The van der Waals surface area contributed by atoms with Crippen molar-refractivity contribution in [2.24, 2.45) is 30.7 Å². The quantitative estimate of drug-likeness (QED) is 0.0210. The van der Waals surface area contributed by atoms with Crippen molar-refractivity contribution in [1.29, 1.82) is 0 Å². The summed E-state index contributed by atoms with van der Waals surface area (Å²) in [5, 5.41) is 52.0. The van der Waals surface area contributed by atoms with Crippen molar-refractivity contribution >= 4 is 128 Å². The minimum Gasteiger partial charge on any atom is -0.505 e. The summed E-state index contributed by atoms with van der Waals surface area (Å²) < 4.78 is 214. The van der Waals surface area contributed by atoms with Crippen LogP contribution in [-0.2, 0) is 60.7 Å². The second kappa shape index (κ2) is 17.9. The number of phenolic OH excluding ortho intramolecular Hbond substituents is 2. The molecule has 0 aliphatic carbocycles. The first-order chi connectivity index (χ1) is 32.0. The molecule has 0 unspecified atom stereocenters. The molecule has 0 radical (unpaired) electrons. The molecule has 0 atom stereocenters. The molecule has 6 aromatic rings. The zero-order chi connectivity index (χ0) is 52.4. The zero-order valence-electron chi connectivity index (χ0n) is 33.7. The van der Waals surface area contributed by atoms with Crippen LogP contribution in [0.1, 0.15) is 0 Å². The number of azo groups is 3. The van der Waals surface area contributed by atoms with Gasteiger partial charge in [0, 0.05) is 23.6 Å². The summed E-state index contributed by atoms with van der Waals surface area (Å²) in [6, 6.07) is 6.60. The van der Waals surface area contributed by atoms with E-state index in [4.69, 9.17) is 10.5 Å². The Balaban J connectivity index is 1.63. The molecule has 370 valence electrons. The van der Waals surface area contributed by atoms with Crippen molar-refractivity contribution in [3.05, 3.63) is 76.8 Å². The third kappa shape index (κ3) is 10.5. The van der Waals surface area contributed by atoms with Crippen LogP contribution < -0.4 is 10.5 Å². The van der Waals surface area contributed by atoms with E-state index in [2.05, 4.69) is 30.7 Å². The van der Waals surface area contributed by atoms with E-state index in [-0.39, 0.29) is 5.75 Å². The molecule has 37 heteroatoms. The summed E-state index contributed by atoms with van der Waals surface area (Å²) >= 11 is 0. The number of aromatic hydroxyl groups is 2. The van der Waals surface area contributed by atoms with Crippen molar-refractivity contribution in [2.75, 3.05) is 12.8 Å². The smallest absolute Gasteiger partial charge is 0.297 e. The Kier molecular flexibility index (Phi) is 13.3. The molecule has 6 aromatic carbocycles. The number of anilines is 1. The molecule has 31 nitrogen and oxygen atoms in total. The fourth-order valence-electron chi connectivity index (χ4n) is 6.17. The first-order valence-electron chi connectivity index (χ1n) is 17.6. The average Bonchev–Trinajstić information content (AvgIpc) is 3.22. The molecule has 70 heavy (non-hydrogen) atoms. The lowest BCUT2D eigenvalue weighted by Crippen LogP contribution is -2.04. The molecule has 6 rings (SSSR count). The third-order valence-corrected chi connectivity index (χ3v) is 14.5. The molecule has 0 aliphatic rings. The predicted molar refractivity (Wildman–Crippen MR) is 233 cm³/mol. The molecule has 0 aliphatic heterocycles. The van der Waals surface area contributed by atoms with Crippen molar-refractivity contribution < 1.29 is 97.7 Å². The van der Waals surface area contributed by atoms with Crippen molar-refractivity contribution in [3.63, 3.8) is 0 Å². The second-order valence-electron chi connectivity index (χ2n) is 13.6. The van der Waals surface area contributed by atoms with E-state index in [1.807, 2.05) is 0 Å². The SMILES string of the molecule is COc1ccc(N=Nc2c(S(=O)(=O)O)cc3cc(S(=O)(=O)O)c(N=Nc4c(S(=O)(=O)O)cc5cc(S(=O)(=O)O)c(N=Nc6ccc([N+](=O)[O-])cc6S(=O)(=O)O)c(O)c5c4N)cc3c2O)c(S(=O)(=O)O)c1. The third-order valence-electron chi connectivity index (χ3n) is 9.21. The fourth-order valence-corrected chi connectivity index (χ4v) is 10.1. The number of non-ortho nitro benzene ring substituents is 1. The van der Waals surface area contributed by atoms with Gasteiger partial charge in [0.2, 0.25) is 0 Å². The number of hydrogen-bond donors (Lipinski definition) is 9. The average molecular weight is 1090 g/mol. The number of nitrogens with two attached hydrogens (primary N) is 1. The van der Waals surface area contributed by atoms with Gasteiger partial charge in [-0.1, -0.05) is 0 Å². The number of nitro benzene ring substituents is 1. The van der Waals surface area contributed by atoms with E-state index >= 15 is 0 Å². The Morgan fingerprint density at radius 2 is 0.871 bits per heavy atom. The van der Waals surface area contributed by atoms with Crippen LogP contribution >= 0.6 is 0 Å². The summed E-state index contributed by atoms with van der Waals surface area (Å²) in [4.78, 5) is 2.47. The van der Waals surface area contributed by atoms with Crippen LogP contribution in [0.25, 0.3) is 21.5 Å². The van der Waals surface area contributed by atoms with Gasteiger partial charge in [-0.3, -0.25) is 37.4 Å². The Morgan fingerprint density at radius 1 is 0.486 bits per heavy atom. The van der Waals surface area contributed by atoms with E-state index in [1.54, 1.807) is 0 Å². The summed E-state index contributed by atoms with van der Waals surface area (Å²) in [6.07, 6.45) is 0. The Morgan fingerprint density at radius 3 is 1.34 bits per heavy atom. The topological polar surface area (TPSA) is 519 Å². The van der Waals surface area contributed by atoms with E-state index in [9.17, 15) is 98.2 Å². The van der Waals surface area contributed by atoms with Crippen LogP contribution in [0.5, 0.6) is 17.2 Å². The summed E-state index contributed by atoms with van der Waals surface area (Å²) in [5.41, 5.74) is -2.31. The lowest BCUT2D eigenvalue weighted by Gasteiger charge is -2.14. The van der Waals surface area contributed by atoms with Gasteiger partial charge in [0.15, 0.2) is 11.5 Å². The van der Waals surface area contributed by atoms with Crippen LogP contribution in [0.3, 0.4) is 0 Å². The predicted octanol–water partition coefficient (Wildman–Crippen LogP) is 5.63. The number of ether oxygens (including phenoxy) is 1. The zero-order valence-corrected chi connectivity index (χ0v) is 38.6. The largest absolute Gasteiger partial charge is 0.505 e. The van der Waals surface area contributed by atoms with Gasteiger partial charge in [-0.05, 0) is 59.3 Å². The lowest BCUT2D eigenvalue weighted by atomic mass is 10.1. The van der Waals surface area contributed by atoms with Crippen LogP contribution in [0, 0.1) is 10.1 Å². The minimum absolute atomic E-state index is 0.125. The maximum absolute atomic E-state index is 12.7. The number of benzene rings is 6. The molecule has 0 fully saturated rings. The van der Waals surface area contributed by atoms with Gasteiger partial charge in [-0.25, -0.2) is 0 Å². The Labute approximate surface area is 390 Å². The highest BCUT2D eigenvalue weighted by Gasteiger charge is 2.30. The first kappa shape index (κ1) is 52.1. The monoisotopic (exact) mass is 1090 g/mol. The number of hydrogen-bond acceptors (Lipinski definition) is 24. The van der Waals surface area contributed by atoms with Gasteiger partial charge < -0.3 is 20.7 Å². The molecule has 0 spiro atoms. The number of rotatable bonds is 14. The molecule has 10 N–H and O–H groups in total. The van der Waals surface area contributed by atoms with Gasteiger partial charge in [-0.15, -0.1) is 30.7 Å². The number of methoxy groups -OCH3 is 1.